The van der Waals surface area contributed by atoms with Crippen LogP contribution in [0.1, 0.15) is 20.3 Å². The molecule has 0 atom stereocenters. The number of nitrogens with two attached hydrogens (primary N) is 1. The molecule has 0 fully saturated rings. The number of anilines is 2. The van der Waals surface area contributed by atoms with Crippen molar-refractivity contribution in [2.24, 2.45) is 0 Å². The van der Waals surface area contributed by atoms with Crippen LogP contribution in [0.2, 0.25) is 0 Å². The number of pyridine rings is 1. The molecule has 2 aromatic heterocycles. The second kappa shape index (κ2) is 7.38. The molecule has 21 heavy (non-hydrogen) atoms. The Balaban J connectivity index is 1.96. The lowest BCUT2D eigenvalue weighted by Gasteiger charge is -2.20. The highest BCUT2D eigenvalue weighted by molar-refractivity contribution is 7.11. The molecule has 2 heterocycles. The van der Waals surface area contributed by atoms with Crippen molar-refractivity contribution < 1.29 is 0 Å². The van der Waals surface area contributed by atoms with E-state index in [9.17, 15) is 0 Å². The van der Waals surface area contributed by atoms with Gasteiger partial charge in [0.15, 0.2) is 0 Å². The molecule has 0 aliphatic rings. The minimum atomic E-state index is 0.565. The first-order valence-electron chi connectivity index (χ1n) is 7.19. The number of hydrogen-bond donors (Lipinski definition) is 2. The van der Waals surface area contributed by atoms with Crippen molar-refractivity contribution in [3.05, 3.63) is 24.5 Å². The number of nitrogens with one attached hydrogen (secondary N) is 1. The van der Waals surface area contributed by atoms with Gasteiger partial charge in [-0.1, -0.05) is 6.07 Å². The zero-order valence-corrected chi connectivity index (χ0v) is 13.7. The van der Waals surface area contributed by atoms with Crippen molar-refractivity contribution in [1.29, 1.82) is 0 Å². The summed E-state index contributed by atoms with van der Waals surface area (Å²) in [5.41, 5.74) is 7.96. The van der Waals surface area contributed by atoms with Crippen LogP contribution in [0.15, 0.2) is 24.5 Å². The zero-order valence-electron chi connectivity index (χ0n) is 12.8. The predicted octanol–water partition coefficient (Wildman–Crippen LogP) is 2.93. The van der Waals surface area contributed by atoms with Gasteiger partial charge in [-0.3, -0.25) is 4.98 Å². The summed E-state index contributed by atoms with van der Waals surface area (Å²) < 4.78 is 4.25. The summed E-state index contributed by atoms with van der Waals surface area (Å²) >= 11 is 1.41. The van der Waals surface area contributed by atoms with Gasteiger partial charge in [0, 0.05) is 30.5 Å². The molecule has 0 radical (unpaired) electrons. The van der Waals surface area contributed by atoms with E-state index < -0.39 is 0 Å². The minimum Gasteiger partial charge on any atom is -0.382 e. The van der Waals surface area contributed by atoms with Gasteiger partial charge in [-0.15, -0.1) is 0 Å². The van der Waals surface area contributed by atoms with Gasteiger partial charge in [0.1, 0.15) is 10.8 Å². The summed E-state index contributed by atoms with van der Waals surface area (Å²) in [6, 6.07) is 4.49. The summed E-state index contributed by atoms with van der Waals surface area (Å²) in [5, 5.41) is 4.47. The Morgan fingerprint density at radius 1 is 1.43 bits per heavy atom. The maximum atomic E-state index is 5.99. The molecular weight excluding hydrogens is 282 g/mol. The van der Waals surface area contributed by atoms with E-state index in [0.717, 1.165) is 35.6 Å². The number of hydrogen-bond acceptors (Lipinski definition) is 6. The molecule has 2 aromatic rings. The summed E-state index contributed by atoms with van der Waals surface area (Å²) in [6.07, 6.45) is 4.66. The van der Waals surface area contributed by atoms with Crippen molar-refractivity contribution in [2.45, 2.75) is 26.3 Å². The van der Waals surface area contributed by atoms with Crippen molar-refractivity contribution in [2.75, 3.05) is 31.2 Å². The molecule has 0 spiro atoms. The maximum Gasteiger partial charge on any atom is 0.147 e. The number of rotatable bonds is 7. The summed E-state index contributed by atoms with van der Waals surface area (Å²) in [5.74, 6) is 0.565. The zero-order chi connectivity index (χ0) is 15.2. The van der Waals surface area contributed by atoms with Gasteiger partial charge < -0.3 is 16.0 Å². The van der Waals surface area contributed by atoms with Crippen molar-refractivity contribution >= 4 is 22.4 Å². The Kier molecular flexibility index (Phi) is 5.52. The number of nitrogen functional groups attached to an aromatic ring is 1. The van der Waals surface area contributed by atoms with Crippen molar-refractivity contribution in [3.63, 3.8) is 0 Å². The van der Waals surface area contributed by atoms with E-state index >= 15 is 0 Å². The molecule has 3 N–H and O–H groups in total. The average molecular weight is 305 g/mol. The Bertz CT molecular complexity index is 552. The molecule has 6 heteroatoms. The first-order valence-corrected chi connectivity index (χ1v) is 7.96. The molecule has 0 saturated heterocycles. The predicted molar refractivity (Wildman–Crippen MR) is 90.6 cm³/mol. The van der Waals surface area contributed by atoms with Crippen LogP contribution in [0.5, 0.6) is 0 Å². The van der Waals surface area contributed by atoms with Crippen LogP contribution in [-0.4, -0.2) is 40.4 Å². The summed E-state index contributed by atoms with van der Waals surface area (Å²) in [4.78, 5) is 6.49. The van der Waals surface area contributed by atoms with Crippen LogP contribution >= 0.6 is 11.5 Å². The van der Waals surface area contributed by atoms with Crippen molar-refractivity contribution in [1.82, 2.24) is 14.3 Å². The van der Waals surface area contributed by atoms with Gasteiger partial charge in [0.25, 0.3) is 0 Å². The van der Waals surface area contributed by atoms with Gasteiger partial charge in [-0.2, -0.15) is 4.37 Å². The number of aromatic nitrogens is 2. The largest absolute Gasteiger partial charge is 0.382 e. The third-order valence-electron chi connectivity index (χ3n) is 3.52. The molecule has 0 unspecified atom stereocenters. The van der Waals surface area contributed by atoms with Crippen molar-refractivity contribution in [3.8, 4) is 11.1 Å². The fraction of sp³-hybridized carbons (Fsp3) is 0.467. The Morgan fingerprint density at radius 2 is 2.24 bits per heavy atom. The molecule has 0 aliphatic heterocycles. The molecule has 0 aromatic carbocycles. The Hall–Kier alpha value is -1.66. The SMILES string of the molecule is CC(C)N(C)CCCNc1snc(N)c1-c1cccnc1. The standard InChI is InChI=1S/C15H23N5S/c1-11(2)20(3)9-5-8-18-15-13(14(16)19-21-15)12-6-4-7-17-10-12/h4,6-7,10-11,18H,5,8-9H2,1-3H3,(H2,16,19). The first kappa shape index (κ1) is 15.7. The van der Waals surface area contributed by atoms with Crippen LogP contribution in [0, 0.1) is 0 Å². The summed E-state index contributed by atoms with van der Waals surface area (Å²) in [6.45, 7) is 6.39. The third kappa shape index (κ3) is 4.15. The highest BCUT2D eigenvalue weighted by Crippen LogP contribution is 2.36. The van der Waals surface area contributed by atoms with Gasteiger partial charge >= 0.3 is 0 Å². The van der Waals surface area contributed by atoms with E-state index in [-0.39, 0.29) is 0 Å². The molecule has 0 amide bonds. The van der Waals surface area contributed by atoms with Gasteiger partial charge in [0.2, 0.25) is 0 Å². The second-order valence-corrected chi connectivity index (χ2v) is 6.14. The smallest absolute Gasteiger partial charge is 0.147 e. The lowest BCUT2D eigenvalue weighted by Crippen LogP contribution is -2.28. The van der Waals surface area contributed by atoms with E-state index in [4.69, 9.17) is 5.73 Å². The van der Waals surface area contributed by atoms with Crippen LogP contribution in [0.3, 0.4) is 0 Å². The molecule has 0 bridgehead atoms. The molecular formula is C15H23N5S. The van der Waals surface area contributed by atoms with E-state index in [0.29, 0.717) is 11.9 Å². The van der Waals surface area contributed by atoms with Gasteiger partial charge in [-0.25, -0.2) is 0 Å². The maximum absolute atomic E-state index is 5.99. The molecule has 0 aliphatic carbocycles. The minimum absolute atomic E-state index is 0.565. The van der Waals surface area contributed by atoms with Gasteiger partial charge in [-0.05, 0) is 51.5 Å². The van der Waals surface area contributed by atoms with E-state index in [1.165, 1.54) is 11.5 Å². The van der Waals surface area contributed by atoms with Crippen LogP contribution < -0.4 is 11.1 Å². The molecule has 114 valence electrons. The number of nitrogens with zero attached hydrogens (tertiary/aromatic N) is 3. The van der Waals surface area contributed by atoms with Crippen LogP contribution in [-0.2, 0) is 0 Å². The normalized spacial score (nSPS) is 11.3. The van der Waals surface area contributed by atoms with Crippen LogP contribution in [0.4, 0.5) is 10.8 Å². The fourth-order valence-corrected chi connectivity index (χ4v) is 2.76. The second-order valence-electron chi connectivity index (χ2n) is 5.37. The third-order valence-corrected chi connectivity index (χ3v) is 4.34. The first-order chi connectivity index (χ1) is 10.1. The highest BCUT2D eigenvalue weighted by atomic mass is 32.1. The molecule has 2 rings (SSSR count). The van der Waals surface area contributed by atoms with E-state index in [1.807, 2.05) is 18.3 Å². The molecule has 5 nitrogen and oxygen atoms in total. The fourth-order valence-electron chi connectivity index (χ4n) is 2.00. The monoisotopic (exact) mass is 305 g/mol. The Morgan fingerprint density at radius 3 is 2.90 bits per heavy atom. The average Bonchev–Trinajstić information content (AvgIpc) is 2.85. The lowest BCUT2D eigenvalue weighted by atomic mass is 10.1. The quantitative estimate of drug-likeness (QED) is 0.770. The van der Waals surface area contributed by atoms with E-state index in [1.54, 1.807) is 6.20 Å². The van der Waals surface area contributed by atoms with Crippen LogP contribution in [0.25, 0.3) is 11.1 Å². The lowest BCUT2D eigenvalue weighted by molar-refractivity contribution is 0.273. The molecule has 0 saturated carbocycles. The highest BCUT2D eigenvalue weighted by Gasteiger charge is 2.13. The van der Waals surface area contributed by atoms with Gasteiger partial charge in [0.05, 0.1) is 5.56 Å². The Labute approximate surface area is 130 Å². The summed E-state index contributed by atoms with van der Waals surface area (Å²) in [7, 11) is 2.15. The topological polar surface area (TPSA) is 67.1 Å². The van der Waals surface area contributed by atoms with E-state index in [2.05, 4.69) is 40.5 Å².